The number of aliphatic imine (C=N–C) groups is 1. The Hall–Kier alpha value is -2.91. The minimum atomic E-state index is -3.95. The Morgan fingerprint density at radius 1 is 1.08 bits per heavy atom. The van der Waals surface area contributed by atoms with Crippen LogP contribution in [0, 0.1) is 0 Å². The number of nitrogens with zero attached hydrogens (tertiary/aromatic N) is 5. The van der Waals surface area contributed by atoms with Crippen LogP contribution in [0.4, 0.5) is 0 Å². The molecule has 0 spiro atoms. The zero-order valence-electron chi connectivity index (χ0n) is 12.4. The number of nitrogens with two attached hydrogens (primary N) is 1. The second-order valence-corrected chi connectivity index (χ2v) is 6.71. The molecule has 0 atom stereocenters. The van der Waals surface area contributed by atoms with Crippen molar-refractivity contribution in [2.24, 2.45) is 20.4 Å². The van der Waals surface area contributed by atoms with Crippen LogP contribution in [0.1, 0.15) is 5.56 Å². The van der Waals surface area contributed by atoms with Crippen LogP contribution in [-0.4, -0.2) is 30.5 Å². The maximum Gasteiger partial charge on any atom is 0.238 e. The quantitative estimate of drug-likeness (QED) is 0.784. The number of azo groups is 1. The number of fused-ring (bicyclic) bond motifs is 1. The van der Waals surface area contributed by atoms with Crippen molar-refractivity contribution >= 4 is 21.4 Å². The molecule has 4 rings (SSSR count). The van der Waals surface area contributed by atoms with E-state index in [1.807, 2.05) is 24.4 Å². The molecular formula is C15H12N6O2S. The molecular weight excluding hydrogens is 328 g/mol. The minimum Gasteiger partial charge on any atom is -0.240 e. The van der Waals surface area contributed by atoms with E-state index >= 15 is 0 Å². The first kappa shape index (κ1) is 14.7. The monoisotopic (exact) mass is 340 g/mol. The van der Waals surface area contributed by atoms with E-state index in [0.29, 0.717) is 11.1 Å². The van der Waals surface area contributed by atoms with Crippen molar-refractivity contribution in [1.82, 2.24) is 9.61 Å². The topological polar surface area (TPSA) is 115 Å². The van der Waals surface area contributed by atoms with Crippen LogP contribution in [-0.2, 0) is 10.0 Å². The van der Waals surface area contributed by atoms with Crippen LogP contribution < -0.4 is 5.14 Å². The van der Waals surface area contributed by atoms with Gasteiger partial charge in [0, 0.05) is 17.3 Å². The van der Waals surface area contributed by atoms with Crippen molar-refractivity contribution in [1.29, 1.82) is 0 Å². The average Bonchev–Trinajstić information content (AvgIpc) is 3.23. The van der Waals surface area contributed by atoms with Crippen molar-refractivity contribution in [3.05, 3.63) is 54.4 Å². The van der Waals surface area contributed by atoms with Crippen LogP contribution in [0.25, 0.3) is 16.6 Å². The summed E-state index contributed by atoms with van der Waals surface area (Å²) in [5.41, 5.74) is 2.59. The summed E-state index contributed by atoms with van der Waals surface area (Å²) >= 11 is 0. The third-order valence-electron chi connectivity index (χ3n) is 3.72. The van der Waals surface area contributed by atoms with E-state index in [1.54, 1.807) is 22.8 Å². The lowest BCUT2D eigenvalue weighted by molar-refractivity contribution is 0.597. The number of sulfonamides is 1. The van der Waals surface area contributed by atoms with Crippen molar-refractivity contribution < 1.29 is 8.42 Å². The van der Waals surface area contributed by atoms with Gasteiger partial charge in [0.15, 0.2) is 12.5 Å². The largest absolute Gasteiger partial charge is 0.240 e. The van der Waals surface area contributed by atoms with Crippen molar-refractivity contribution in [3.63, 3.8) is 0 Å². The highest BCUT2D eigenvalue weighted by molar-refractivity contribution is 7.89. The molecule has 3 heterocycles. The standard InChI is InChI=1S/C15H12N6O2S/c16-24(22,23)13-6-3-4-10(14(13)15-17-9-18-20-15)11-8-19-21-7-2-1-5-12(11)21/h1-8H,9H2,(H2,16,22,23). The van der Waals surface area contributed by atoms with Gasteiger partial charge >= 0.3 is 0 Å². The van der Waals surface area contributed by atoms with Gasteiger partial charge in [-0.1, -0.05) is 18.2 Å². The highest BCUT2D eigenvalue weighted by Gasteiger charge is 2.24. The summed E-state index contributed by atoms with van der Waals surface area (Å²) in [5.74, 6) is 0.255. The second kappa shape index (κ2) is 5.32. The molecule has 1 aromatic carbocycles. The fourth-order valence-electron chi connectivity index (χ4n) is 2.72. The first-order valence-electron chi connectivity index (χ1n) is 7.06. The average molecular weight is 340 g/mol. The smallest absolute Gasteiger partial charge is 0.238 e. The molecule has 2 N–H and O–H groups in total. The van der Waals surface area contributed by atoms with Gasteiger partial charge in [0.1, 0.15) is 0 Å². The molecule has 0 amide bonds. The van der Waals surface area contributed by atoms with E-state index in [1.165, 1.54) is 6.07 Å². The summed E-state index contributed by atoms with van der Waals surface area (Å²) < 4.78 is 25.8. The summed E-state index contributed by atoms with van der Waals surface area (Å²) in [6.45, 7) is 0.169. The highest BCUT2D eigenvalue weighted by atomic mass is 32.2. The molecule has 8 nitrogen and oxygen atoms in total. The number of pyridine rings is 1. The van der Waals surface area contributed by atoms with E-state index in [2.05, 4.69) is 20.3 Å². The molecule has 24 heavy (non-hydrogen) atoms. The zero-order chi connectivity index (χ0) is 16.7. The number of benzene rings is 1. The van der Waals surface area contributed by atoms with Gasteiger partial charge in [-0.2, -0.15) is 10.2 Å². The molecule has 120 valence electrons. The van der Waals surface area contributed by atoms with Crippen LogP contribution in [0.5, 0.6) is 0 Å². The van der Waals surface area contributed by atoms with E-state index in [-0.39, 0.29) is 17.4 Å². The van der Waals surface area contributed by atoms with Gasteiger partial charge in [0.2, 0.25) is 10.0 Å². The lowest BCUT2D eigenvalue weighted by Gasteiger charge is -2.11. The Bertz CT molecular complexity index is 1110. The molecule has 1 aliphatic rings. The first-order chi connectivity index (χ1) is 11.6. The third-order valence-corrected chi connectivity index (χ3v) is 4.68. The minimum absolute atomic E-state index is 0.0325. The van der Waals surface area contributed by atoms with Crippen LogP contribution in [0.3, 0.4) is 0 Å². The number of hydrogen-bond acceptors (Lipinski definition) is 6. The first-order valence-corrected chi connectivity index (χ1v) is 8.61. The maximum atomic E-state index is 12.0. The van der Waals surface area contributed by atoms with Crippen LogP contribution >= 0.6 is 0 Å². The zero-order valence-corrected chi connectivity index (χ0v) is 13.2. The molecule has 1 aliphatic heterocycles. The van der Waals surface area contributed by atoms with Gasteiger partial charge in [-0.05, 0) is 23.8 Å². The Labute approximate surface area is 137 Å². The Morgan fingerprint density at radius 2 is 1.96 bits per heavy atom. The van der Waals surface area contributed by atoms with E-state index in [0.717, 1.165) is 11.1 Å². The normalized spacial score (nSPS) is 14.3. The van der Waals surface area contributed by atoms with Gasteiger partial charge in [-0.15, -0.1) is 5.11 Å². The molecule has 0 radical (unpaired) electrons. The summed E-state index contributed by atoms with van der Waals surface area (Å²) in [5, 5.41) is 17.5. The fraction of sp³-hybridized carbons (Fsp3) is 0.0667. The molecule has 0 aliphatic carbocycles. The molecule has 9 heteroatoms. The Morgan fingerprint density at radius 3 is 2.71 bits per heavy atom. The lowest BCUT2D eigenvalue weighted by Crippen LogP contribution is -2.17. The SMILES string of the molecule is NS(=O)(=O)c1cccc(-c2cnn3ccccc23)c1C1=NCN=N1. The molecule has 2 aromatic heterocycles. The number of primary sulfonamides is 1. The number of hydrogen-bond donors (Lipinski definition) is 1. The molecule has 0 saturated heterocycles. The van der Waals surface area contributed by atoms with Crippen molar-refractivity contribution in [2.45, 2.75) is 4.90 Å². The summed E-state index contributed by atoms with van der Waals surface area (Å²) in [7, 11) is -3.95. The van der Waals surface area contributed by atoms with E-state index in [4.69, 9.17) is 5.14 Å². The van der Waals surface area contributed by atoms with Gasteiger partial charge in [-0.25, -0.2) is 23.1 Å². The van der Waals surface area contributed by atoms with Crippen molar-refractivity contribution in [2.75, 3.05) is 6.67 Å². The molecule has 0 unspecified atom stereocenters. The fourth-order valence-corrected chi connectivity index (χ4v) is 3.48. The number of rotatable bonds is 3. The Kier molecular flexibility index (Phi) is 3.25. The lowest BCUT2D eigenvalue weighted by atomic mass is 10.00. The van der Waals surface area contributed by atoms with Gasteiger partial charge in [-0.3, -0.25) is 0 Å². The summed E-state index contributed by atoms with van der Waals surface area (Å²) in [4.78, 5) is 4.13. The van der Waals surface area contributed by atoms with Gasteiger partial charge < -0.3 is 0 Å². The second-order valence-electron chi connectivity index (χ2n) is 5.18. The van der Waals surface area contributed by atoms with Crippen molar-refractivity contribution in [3.8, 4) is 11.1 Å². The summed E-state index contributed by atoms with van der Waals surface area (Å²) in [6.07, 6.45) is 3.49. The Balaban J connectivity index is 2.08. The summed E-state index contributed by atoms with van der Waals surface area (Å²) in [6, 6.07) is 10.5. The van der Waals surface area contributed by atoms with Gasteiger partial charge in [0.05, 0.1) is 16.6 Å². The molecule has 3 aromatic rings. The van der Waals surface area contributed by atoms with E-state index < -0.39 is 10.0 Å². The van der Waals surface area contributed by atoms with Gasteiger partial charge in [0.25, 0.3) is 0 Å². The predicted molar refractivity (Wildman–Crippen MR) is 88.3 cm³/mol. The maximum absolute atomic E-state index is 12.0. The third kappa shape index (κ3) is 2.30. The predicted octanol–water partition coefficient (Wildman–Crippen LogP) is 1.82. The molecule has 0 saturated carbocycles. The van der Waals surface area contributed by atoms with E-state index in [9.17, 15) is 8.42 Å². The number of amidine groups is 1. The van der Waals surface area contributed by atoms with Crippen LogP contribution in [0.15, 0.2) is 68.9 Å². The highest BCUT2D eigenvalue weighted by Crippen LogP contribution is 2.32. The number of aromatic nitrogens is 2. The molecule has 0 fully saturated rings. The molecule has 0 bridgehead atoms. The van der Waals surface area contributed by atoms with Crippen LogP contribution in [0.2, 0.25) is 0 Å².